The number of aryl methyl sites for hydroxylation is 2. The first kappa shape index (κ1) is 33.9. The molecule has 11 nitrogen and oxygen atoms in total. The quantitative estimate of drug-likeness (QED) is 0.135. The summed E-state index contributed by atoms with van der Waals surface area (Å²) in [5, 5.41) is 11.6. The highest BCUT2D eigenvalue weighted by atomic mass is 16.6. The summed E-state index contributed by atoms with van der Waals surface area (Å²) in [7, 11) is 4.04. The van der Waals surface area contributed by atoms with Crippen LogP contribution in [0.5, 0.6) is 0 Å². The SMILES string of the molecule is CNc1cn2cc([C@@H]3CCCN3C)nc2cn1.Cc1nn(CCCCCCCCNC(=O)OC(C)(C)C)c2cc(C=O)ccc12. The number of hydrogen-bond acceptors (Lipinski definition) is 8. The number of carbonyl (C=O) groups excluding carboxylic acids is 2. The van der Waals surface area contributed by atoms with Crippen LogP contribution in [0.4, 0.5) is 10.6 Å². The van der Waals surface area contributed by atoms with Crippen LogP contribution in [0.25, 0.3) is 16.6 Å². The third kappa shape index (κ3) is 9.75. The van der Waals surface area contributed by atoms with Gasteiger partial charge in [0.15, 0.2) is 5.65 Å². The number of nitrogens with one attached hydrogen (secondary N) is 2. The molecule has 0 saturated carbocycles. The lowest BCUT2D eigenvalue weighted by Gasteiger charge is -2.19. The van der Waals surface area contributed by atoms with E-state index in [0.29, 0.717) is 18.2 Å². The zero-order chi connectivity index (χ0) is 32.4. The van der Waals surface area contributed by atoms with Gasteiger partial charge in [0.2, 0.25) is 0 Å². The van der Waals surface area contributed by atoms with Gasteiger partial charge in [-0.25, -0.2) is 14.8 Å². The lowest BCUT2D eigenvalue weighted by atomic mass is 10.1. The van der Waals surface area contributed by atoms with Crippen molar-refractivity contribution in [1.82, 2.24) is 34.4 Å². The number of nitrogens with zero attached hydrogens (tertiary/aromatic N) is 6. The van der Waals surface area contributed by atoms with Crippen molar-refractivity contribution in [3.63, 3.8) is 0 Å². The maximum Gasteiger partial charge on any atom is 0.407 e. The Morgan fingerprint density at radius 2 is 1.87 bits per heavy atom. The second-order valence-corrected chi connectivity index (χ2v) is 12.8. The Morgan fingerprint density at radius 1 is 1.11 bits per heavy atom. The van der Waals surface area contributed by atoms with Crippen LogP contribution in [0, 0.1) is 6.92 Å². The molecule has 1 aliphatic rings. The van der Waals surface area contributed by atoms with E-state index in [1.54, 1.807) is 0 Å². The van der Waals surface area contributed by atoms with Crippen LogP contribution >= 0.6 is 0 Å². The average molecular weight is 619 g/mol. The molecule has 0 aliphatic carbocycles. The fraction of sp³-hybridized carbons (Fsp3) is 0.559. The van der Waals surface area contributed by atoms with Gasteiger partial charge in [-0.15, -0.1) is 0 Å². The molecule has 1 atom stereocenters. The van der Waals surface area contributed by atoms with Gasteiger partial charge in [0, 0.05) is 37.3 Å². The number of aromatic nitrogens is 5. The molecule has 244 valence electrons. The Bertz CT molecular complexity index is 1550. The van der Waals surface area contributed by atoms with Gasteiger partial charge in [-0.2, -0.15) is 5.10 Å². The minimum Gasteiger partial charge on any atom is -0.444 e. The largest absolute Gasteiger partial charge is 0.444 e. The van der Waals surface area contributed by atoms with Gasteiger partial charge in [0.05, 0.1) is 35.3 Å². The molecule has 11 heteroatoms. The van der Waals surface area contributed by atoms with Crippen LogP contribution in [-0.2, 0) is 11.3 Å². The second kappa shape index (κ2) is 15.8. The number of carbonyl (C=O) groups is 2. The van der Waals surface area contributed by atoms with Crippen molar-refractivity contribution >= 4 is 34.7 Å². The zero-order valence-corrected chi connectivity index (χ0v) is 27.8. The first-order chi connectivity index (χ1) is 21.6. The molecule has 4 heterocycles. The van der Waals surface area contributed by atoms with Crippen molar-refractivity contribution in [3.8, 4) is 0 Å². The van der Waals surface area contributed by atoms with Crippen LogP contribution in [0.1, 0.15) is 99.9 Å². The molecule has 1 amide bonds. The number of unbranched alkanes of at least 4 members (excludes halogenated alkanes) is 5. The number of aldehydes is 1. The van der Waals surface area contributed by atoms with Crippen molar-refractivity contribution < 1.29 is 14.3 Å². The Kier molecular flexibility index (Phi) is 11.9. The number of ether oxygens (including phenoxy) is 1. The van der Waals surface area contributed by atoms with Crippen LogP contribution in [-0.4, -0.2) is 74.2 Å². The summed E-state index contributed by atoms with van der Waals surface area (Å²) in [4.78, 5) is 33.9. The Hall–Kier alpha value is -3.99. The zero-order valence-electron chi connectivity index (χ0n) is 27.8. The van der Waals surface area contributed by atoms with Crippen molar-refractivity contribution in [1.29, 1.82) is 0 Å². The van der Waals surface area contributed by atoms with Crippen molar-refractivity contribution in [2.45, 2.75) is 97.2 Å². The molecule has 1 saturated heterocycles. The van der Waals surface area contributed by atoms with E-state index in [9.17, 15) is 9.59 Å². The molecule has 0 radical (unpaired) electrons. The number of amides is 1. The fourth-order valence-corrected chi connectivity index (χ4v) is 5.69. The summed E-state index contributed by atoms with van der Waals surface area (Å²) in [6.07, 6.45) is 15.5. The van der Waals surface area contributed by atoms with Crippen LogP contribution in [0.15, 0.2) is 36.8 Å². The van der Waals surface area contributed by atoms with E-state index in [2.05, 4.69) is 43.8 Å². The lowest BCUT2D eigenvalue weighted by Crippen LogP contribution is -2.32. The molecule has 1 aliphatic heterocycles. The minimum atomic E-state index is -0.447. The average Bonchev–Trinajstić information content (AvgIpc) is 3.71. The van der Waals surface area contributed by atoms with Gasteiger partial charge in [0.1, 0.15) is 17.7 Å². The summed E-state index contributed by atoms with van der Waals surface area (Å²) < 4.78 is 9.27. The highest BCUT2D eigenvalue weighted by Gasteiger charge is 2.25. The summed E-state index contributed by atoms with van der Waals surface area (Å²) in [6.45, 7) is 10.3. The fourth-order valence-electron chi connectivity index (χ4n) is 5.69. The van der Waals surface area contributed by atoms with E-state index in [-0.39, 0.29) is 6.09 Å². The molecule has 0 bridgehead atoms. The number of imidazole rings is 1. The van der Waals surface area contributed by atoms with Crippen molar-refractivity contribution in [3.05, 3.63) is 53.7 Å². The lowest BCUT2D eigenvalue weighted by molar-refractivity contribution is 0.0526. The smallest absolute Gasteiger partial charge is 0.407 e. The predicted octanol–water partition coefficient (Wildman–Crippen LogP) is 6.56. The molecule has 1 fully saturated rings. The molecule has 3 aromatic heterocycles. The van der Waals surface area contributed by atoms with E-state index in [0.717, 1.165) is 78.7 Å². The molecule has 1 aromatic carbocycles. The molecule has 5 rings (SSSR count). The van der Waals surface area contributed by atoms with Gasteiger partial charge in [-0.3, -0.25) is 14.4 Å². The Balaban J connectivity index is 0.000000229. The maximum atomic E-state index is 11.5. The van der Waals surface area contributed by atoms with E-state index in [1.165, 1.54) is 25.8 Å². The number of alkyl carbamates (subject to hydrolysis) is 1. The molecule has 0 unspecified atom stereocenters. The summed E-state index contributed by atoms with van der Waals surface area (Å²) >= 11 is 0. The van der Waals surface area contributed by atoms with E-state index >= 15 is 0 Å². The minimum absolute atomic E-state index is 0.341. The summed E-state index contributed by atoms with van der Waals surface area (Å²) in [5.41, 5.74) is 4.35. The molecule has 4 aromatic rings. The number of rotatable bonds is 12. The first-order valence-corrected chi connectivity index (χ1v) is 16.2. The monoisotopic (exact) mass is 618 g/mol. The maximum absolute atomic E-state index is 11.5. The highest BCUT2D eigenvalue weighted by Crippen LogP contribution is 2.29. The Morgan fingerprint density at radius 3 is 2.56 bits per heavy atom. The normalized spacial score (nSPS) is 15.2. The number of fused-ring (bicyclic) bond motifs is 2. The molecular formula is C34H50N8O3. The molecular weight excluding hydrogens is 568 g/mol. The molecule has 45 heavy (non-hydrogen) atoms. The Labute approximate surface area is 266 Å². The van der Waals surface area contributed by atoms with Gasteiger partial charge in [0.25, 0.3) is 0 Å². The molecule has 0 spiro atoms. The van der Waals surface area contributed by atoms with Gasteiger partial charge in [-0.1, -0.05) is 37.8 Å². The standard InChI is InChI=1S/C22H33N3O3.C12H17N5/c1-17-19-12-11-18(16-26)15-20(19)25(24-17)14-10-8-6-5-7-9-13-23-21(27)28-22(2,3)4;1-13-11-8-17-7-9(15-12(17)6-14-11)10-4-3-5-16(10)2/h11-12,15-16H,5-10,13-14H2,1-4H3,(H,23,27);6-8,10,13H,3-5H2,1-2H3/t;10-/m.0/s1. The van der Waals surface area contributed by atoms with Gasteiger partial charge in [-0.05, 0) is 73.0 Å². The second-order valence-electron chi connectivity index (χ2n) is 12.8. The van der Waals surface area contributed by atoms with Crippen LogP contribution < -0.4 is 10.6 Å². The van der Waals surface area contributed by atoms with Crippen LogP contribution in [0.3, 0.4) is 0 Å². The third-order valence-electron chi connectivity index (χ3n) is 8.04. The number of benzene rings is 1. The van der Waals surface area contributed by atoms with E-state index < -0.39 is 5.60 Å². The summed E-state index contributed by atoms with van der Waals surface area (Å²) in [5.74, 6) is 0.862. The van der Waals surface area contributed by atoms with Gasteiger partial charge < -0.3 is 19.8 Å². The third-order valence-corrected chi connectivity index (χ3v) is 8.04. The van der Waals surface area contributed by atoms with E-state index in [1.807, 2.05) is 74.4 Å². The predicted molar refractivity (Wildman–Crippen MR) is 179 cm³/mol. The molecule has 2 N–H and O–H groups in total. The van der Waals surface area contributed by atoms with Crippen molar-refractivity contribution in [2.24, 2.45) is 0 Å². The van der Waals surface area contributed by atoms with Crippen LogP contribution in [0.2, 0.25) is 0 Å². The van der Waals surface area contributed by atoms with Crippen molar-refractivity contribution in [2.75, 3.05) is 32.5 Å². The summed E-state index contributed by atoms with van der Waals surface area (Å²) in [6, 6.07) is 6.20. The number of hydrogen-bond donors (Lipinski definition) is 2. The van der Waals surface area contributed by atoms with E-state index in [4.69, 9.17) is 4.74 Å². The number of anilines is 1. The topological polar surface area (TPSA) is 119 Å². The van der Waals surface area contributed by atoms with Gasteiger partial charge >= 0.3 is 6.09 Å². The first-order valence-electron chi connectivity index (χ1n) is 16.2. The highest BCUT2D eigenvalue weighted by molar-refractivity contribution is 5.88. The number of likely N-dealkylation sites (tertiary alicyclic amines) is 1.